The summed E-state index contributed by atoms with van der Waals surface area (Å²) < 4.78 is 7.12. The number of β-amino-alcohol motifs (C(OH)–C–C–N with tert-alkyl or cyclic N) is 1. The van der Waals surface area contributed by atoms with Gasteiger partial charge in [0.1, 0.15) is 0 Å². The number of hydrogen-bond acceptors (Lipinski definition) is 6. The highest BCUT2D eigenvalue weighted by Crippen LogP contribution is 2.20. The van der Waals surface area contributed by atoms with E-state index < -0.39 is 6.10 Å². The van der Waals surface area contributed by atoms with E-state index in [2.05, 4.69) is 28.7 Å². The number of imidazole rings is 1. The highest BCUT2D eigenvalue weighted by atomic mass is 16.5. The number of nitrogens with zero attached hydrogens (tertiary/aromatic N) is 2. The lowest BCUT2D eigenvalue weighted by Crippen LogP contribution is -2.42. The van der Waals surface area contributed by atoms with Crippen LogP contribution >= 0.6 is 0 Å². The Hall–Kier alpha value is -2.90. The fourth-order valence-corrected chi connectivity index (χ4v) is 3.33. The molecule has 3 aromatic rings. The van der Waals surface area contributed by atoms with Gasteiger partial charge < -0.3 is 25.5 Å². The molecule has 30 heavy (non-hydrogen) atoms. The highest BCUT2D eigenvalue weighted by molar-refractivity contribution is 5.93. The second kappa shape index (κ2) is 9.28. The predicted molar refractivity (Wildman–Crippen MR) is 118 cm³/mol. The Morgan fingerprint density at radius 2 is 2.10 bits per heavy atom. The Balaban J connectivity index is 1.59. The molecule has 0 aliphatic rings. The van der Waals surface area contributed by atoms with E-state index in [9.17, 15) is 9.90 Å². The summed E-state index contributed by atoms with van der Waals surface area (Å²) in [5, 5.41) is 13.9. The van der Waals surface area contributed by atoms with Crippen LogP contribution in [-0.4, -0.2) is 39.3 Å². The molecule has 0 saturated heterocycles. The van der Waals surface area contributed by atoms with Crippen molar-refractivity contribution in [2.24, 2.45) is 0 Å². The van der Waals surface area contributed by atoms with E-state index in [1.807, 2.05) is 18.2 Å². The molecule has 0 fully saturated rings. The number of aromatic nitrogens is 2. The van der Waals surface area contributed by atoms with Crippen LogP contribution in [0.5, 0.6) is 0 Å². The van der Waals surface area contributed by atoms with Crippen molar-refractivity contribution in [1.29, 1.82) is 0 Å². The fraction of sp³-hybridized carbons (Fsp3) is 0.391. The number of aryl methyl sites for hydroxylation is 1. The number of aliphatic hydroxyl groups excluding tert-OH is 1. The van der Waals surface area contributed by atoms with Crippen molar-refractivity contribution in [3.63, 3.8) is 0 Å². The zero-order valence-corrected chi connectivity index (χ0v) is 17.8. The number of nitrogens with two attached hydrogens (primary N) is 1. The standard InChI is InChI=1S/C23H30N4O3/c1-4-30-22(29)17-8-9-20-19(13-17)25-15-27(20)11-10-23(2,3)26-14-21(28)16-6-5-7-18(24)12-16/h5-9,12-13,15,21,26,28H,4,10-11,14,24H2,1-3H3/t21-/m0/s1. The molecular weight excluding hydrogens is 380 g/mol. The number of esters is 1. The molecule has 0 spiro atoms. The van der Waals surface area contributed by atoms with E-state index in [1.54, 1.807) is 37.5 Å². The second-order valence-electron chi connectivity index (χ2n) is 8.06. The van der Waals surface area contributed by atoms with Gasteiger partial charge in [0.05, 0.1) is 35.6 Å². The lowest BCUT2D eigenvalue weighted by Gasteiger charge is -2.28. The Morgan fingerprint density at radius 3 is 2.83 bits per heavy atom. The number of aliphatic hydroxyl groups is 1. The first-order chi connectivity index (χ1) is 14.3. The Labute approximate surface area is 176 Å². The average Bonchev–Trinajstić information content (AvgIpc) is 3.13. The van der Waals surface area contributed by atoms with Crippen molar-refractivity contribution in [2.45, 2.75) is 45.4 Å². The first-order valence-electron chi connectivity index (χ1n) is 10.2. The molecule has 1 aromatic heterocycles. The molecule has 1 heterocycles. The van der Waals surface area contributed by atoms with Crippen molar-refractivity contribution in [2.75, 3.05) is 18.9 Å². The number of carbonyl (C=O) groups is 1. The van der Waals surface area contributed by atoms with E-state index in [1.165, 1.54) is 0 Å². The van der Waals surface area contributed by atoms with Crippen LogP contribution in [-0.2, 0) is 11.3 Å². The molecule has 160 valence electrons. The summed E-state index contributed by atoms with van der Waals surface area (Å²) in [6, 6.07) is 12.7. The molecule has 0 saturated carbocycles. The van der Waals surface area contributed by atoms with Gasteiger partial charge in [-0.3, -0.25) is 0 Å². The molecule has 7 heteroatoms. The summed E-state index contributed by atoms with van der Waals surface area (Å²) in [7, 11) is 0. The summed E-state index contributed by atoms with van der Waals surface area (Å²) in [4.78, 5) is 16.3. The van der Waals surface area contributed by atoms with E-state index in [0.717, 1.165) is 29.6 Å². The lowest BCUT2D eigenvalue weighted by atomic mass is 9.99. The number of benzene rings is 2. The minimum Gasteiger partial charge on any atom is -0.462 e. The van der Waals surface area contributed by atoms with Gasteiger partial charge in [-0.25, -0.2) is 9.78 Å². The topological polar surface area (TPSA) is 102 Å². The zero-order chi connectivity index (χ0) is 21.7. The van der Waals surface area contributed by atoms with Gasteiger partial charge in [0.2, 0.25) is 0 Å². The first-order valence-corrected chi connectivity index (χ1v) is 10.2. The SMILES string of the molecule is CCOC(=O)c1ccc2c(c1)ncn2CCC(C)(C)NC[C@H](O)c1cccc(N)c1. The van der Waals surface area contributed by atoms with E-state index >= 15 is 0 Å². The van der Waals surface area contributed by atoms with Gasteiger partial charge in [-0.15, -0.1) is 0 Å². The van der Waals surface area contributed by atoms with Gasteiger partial charge in [0.25, 0.3) is 0 Å². The molecule has 0 amide bonds. The molecule has 0 aliphatic heterocycles. The van der Waals surface area contributed by atoms with Crippen molar-refractivity contribution in [3.8, 4) is 0 Å². The molecule has 4 N–H and O–H groups in total. The molecule has 0 aliphatic carbocycles. The number of nitrogens with one attached hydrogen (secondary N) is 1. The zero-order valence-electron chi connectivity index (χ0n) is 17.8. The number of hydrogen-bond donors (Lipinski definition) is 3. The monoisotopic (exact) mass is 410 g/mol. The van der Waals surface area contributed by atoms with Gasteiger partial charge >= 0.3 is 5.97 Å². The quantitative estimate of drug-likeness (QED) is 0.370. The summed E-state index contributed by atoms with van der Waals surface area (Å²) in [6.07, 6.45) is 2.00. The van der Waals surface area contributed by atoms with Crippen LogP contribution in [0, 0.1) is 0 Å². The van der Waals surface area contributed by atoms with Gasteiger partial charge in [-0.05, 0) is 63.1 Å². The van der Waals surface area contributed by atoms with Gasteiger partial charge in [-0.2, -0.15) is 0 Å². The second-order valence-corrected chi connectivity index (χ2v) is 8.06. The smallest absolute Gasteiger partial charge is 0.338 e. The Morgan fingerprint density at radius 1 is 1.30 bits per heavy atom. The van der Waals surface area contributed by atoms with Crippen LogP contribution in [0.25, 0.3) is 11.0 Å². The van der Waals surface area contributed by atoms with Crippen molar-refractivity contribution in [3.05, 3.63) is 59.9 Å². The highest BCUT2D eigenvalue weighted by Gasteiger charge is 2.20. The molecular formula is C23H30N4O3. The molecule has 0 bridgehead atoms. The van der Waals surface area contributed by atoms with Crippen LogP contribution in [0.1, 0.15) is 49.2 Å². The molecule has 2 aromatic carbocycles. The number of nitrogen functional groups attached to an aromatic ring is 1. The first kappa shape index (κ1) is 21.8. The third-order valence-electron chi connectivity index (χ3n) is 5.18. The number of rotatable bonds is 9. The van der Waals surface area contributed by atoms with Crippen LogP contribution < -0.4 is 11.1 Å². The predicted octanol–water partition coefficient (Wildman–Crippen LogP) is 3.29. The van der Waals surface area contributed by atoms with E-state index in [0.29, 0.717) is 24.4 Å². The maximum Gasteiger partial charge on any atom is 0.338 e. The van der Waals surface area contributed by atoms with Crippen molar-refractivity contribution in [1.82, 2.24) is 14.9 Å². The van der Waals surface area contributed by atoms with Crippen LogP contribution in [0.2, 0.25) is 0 Å². The third-order valence-corrected chi connectivity index (χ3v) is 5.18. The summed E-state index contributed by atoms with van der Waals surface area (Å²) in [6.45, 7) is 7.54. The van der Waals surface area contributed by atoms with Gasteiger partial charge in [0, 0.05) is 24.3 Å². The van der Waals surface area contributed by atoms with E-state index in [-0.39, 0.29) is 11.5 Å². The molecule has 0 radical (unpaired) electrons. The Kier molecular flexibility index (Phi) is 6.74. The maximum atomic E-state index is 11.9. The third kappa shape index (κ3) is 5.37. The molecule has 7 nitrogen and oxygen atoms in total. The molecule has 1 atom stereocenters. The number of anilines is 1. The number of carbonyl (C=O) groups excluding carboxylic acids is 1. The van der Waals surface area contributed by atoms with Gasteiger partial charge in [-0.1, -0.05) is 12.1 Å². The van der Waals surface area contributed by atoms with Crippen LogP contribution in [0.4, 0.5) is 5.69 Å². The minimum atomic E-state index is -0.622. The molecule has 3 rings (SSSR count). The Bertz CT molecular complexity index is 1010. The number of fused-ring (bicyclic) bond motifs is 1. The van der Waals surface area contributed by atoms with Crippen molar-refractivity contribution >= 4 is 22.7 Å². The van der Waals surface area contributed by atoms with Gasteiger partial charge in [0.15, 0.2) is 0 Å². The lowest BCUT2D eigenvalue weighted by molar-refractivity contribution is 0.0526. The fourth-order valence-electron chi connectivity index (χ4n) is 3.33. The largest absolute Gasteiger partial charge is 0.462 e. The van der Waals surface area contributed by atoms with E-state index in [4.69, 9.17) is 10.5 Å². The normalized spacial score (nSPS) is 12.8. The minimum absolute atomic E-state index is 0.192. The van der Waals surface area contributed by atoms with Crippen LogP contribution in [0.15, 0.2) is 48.8 Å². The van der Waals surface area contributed by atoms with Crippen LogP contribution in [0.3, 0.4) is 0 Å². The van der Waals surface area contributed by atoms with Crippen molar-refractivity contribution < 1.29 is 14.6 Å². The average molecular weight is 411 g/mol. The summed E-state index contributed by atoms with van der Waals surface area (Å²) >= 11 is 0. The summed E-state index contributed by atoms with van der Waals surface area (Å²) in [5.74, 6) is -0.335. The maximum absolute atomic E-state index is 11.9. The number of ether oxygens (including phenoxy) is 1. The summed E-state index contributed by atoms with van der Waals surface area (Å²) in [5.41, 5.74) is 9.30. The molecule has 0 unspecified atom stereocenters.